The van der Waals surface area contributed by atoms with Gasteiger partial charge in [0.1, 0.15) is 6.07 Å². The first kappa shape index (κ1) is 18.7. The number of carbonyl (C=O) groups is 1. The zero-order valence-electron chi connectivity index (χ0n) is 13.0. The van der Waals surface area contributed by atoms with Gasteiger partial charge in [0.25, 0.3) is 0 Å². The molecule has 0 fully saturated rings. The third-order valence-electron chi connectivity index (χ3n) is 2.71. The first-order chi connectivity index (χ1) is 10.9. The molecule has 7 nitrogen and oxygen atoms in total. The van der Waals surface area contributed by atoms with Crippen molar-refractivity contribution in [1.29, 1.82) is 5.26 Å². The Labute approximate surface area is 136 Å². The van der Waals surface area contributed by atoms with E-state index >= 15 is 0 Å². The van der Waals surface area contributed by atoms with Crippen molar-refractivity contribution < 1.29 is 17.9 Å². The van der Waals surface area contributed by atoms with Gasteiger partial charge in [-0.25, -0.2) is 17.9 Å². The van der Waals surface area contributed by atoms with Crippen LogP contribution >= 0.6 is 0 Å². The Morgan fingerprint density at radius 1 is 1.30 bits per heavy atom. The second-order valence-corrected chi connectivity index (χ2v) is 6.22. The van der Waals surface area contributed by atoms with Crippen LogP contribution in [0.4, 0.5) is 5.69 Å². The van der Waals surface area contributed by atoms with Gasteiger partial charge in [-0.2, -0.15) is 5.26 Å². The Morgan fingerprint density at radius 2 is 1.96 bits per heavy atom. The van der Waals surface area contributed by atoms with E-state index in [9.17, 15) is 13.2 Å². The van der Waals surface area contributed by atoms with Crippen molar-refractivity contribution in [2.24, 2.45) is 0 Å². The molecule has 0 aliphatic rings. The van der Waals surface area contributed by atoms with Gasteiger partial charge in [-0.05, 0) is 37.6 Å². The Balaban J connectivity index is 2.82. The van der Waals surface area contributed by atoms with Crippen molar-refractivity contribution in [2.45, 2.75) is 25.2 Å². The van der Waals surface area contributed by atoms with Gasteiger partial charge in [0, 0.05) is 18.4 Å². The van der Waals surface area contributed by atoms with Gasteiger partial charge >= 0.3 is 5.97 Å². The predicted molar refractivity (Wildman–Crippen MR) is 85.9 cm³/mol. The van der Waals surface area contributed by atoms with Gasteiger partial charge in [0.2, 0.25) is 10.0 Å². The fourth-order valence-electron chi connectivity index (χ4n) is 1.55. The number of esters is 1. The summed E-state index contributed by atoms with van der Waals surface area (Å²) < 4.78 is 31.1. The number of nitrogens with one attached hydrogen (secondary N) is 2. The van der Waals surface area contributed by atoms with Crippen LogP contribution in [-0.2, 0) is 19.6 Å². The summed E-state index contributed by atoms with van der Waals surface area (Å²) in [6, 6.07) is 7.68. The number of rotatable bonds is 8. The zero-order chi connectivity index (χ0) is 17.3. The van der Waals surface area contributed by atoms with E-state index in [1.807, 2.05) is 6.92 Å². The fraction of sp³-hybridized carbons (Fsp3) is 0.333. The van der Waals surface area contributed by atoms with Crippen LogP contribution in [0, 0.1) is 11.3 Å². The average molecular weight is 337 g/mol. The summed E-state index contributed by atoms with van der Waals surface area (Å²) in [6.07, 6.45) is 1.92. The van der Waals surface area contributed by atoms with Crippen molar-refractivity contribution in [1.82, 2.24) is 4.72 Å². The zero-order valence-corrected chi connectivity index (χ0v) is 13.8. The third kappa shape index (κ3) is 5.73. The van der Waals surface area contributed by atoms with E-state index in [0.717, 1.165) is 0 Å². The minimum absolute atomic E-state index is 0.145. The summed E-state index contributed by atoms with van der Waals surface area (Å²) in [7, 11) is -3.52. The van der Waals surface area contributed by atoms with Crippen molar-refractivity contribution in [3.05, 3.63) is 36.0 Å². The molecule has 0 saturated carbocycles. The lowest BCUT2D eigenvalue weighted by molar-refractivity contribution is -0.138. The van der Waals surface area contributed by atoms with E-state index in [4.69, 9.17) is 10.00 Å². The van der Waals surface area contributed by atoms with Crippen molar-refractivity contribution in [3.63, 3.8) is 0 Å². The van der Waals surface area contributed by atoms with Crippen molar-refractivity contribution in [3.8, 4) is 6.07 Å². The largest absolute Gasteiger partial charge is 0.462 e. The molecule has 1 rings (SSSR count). The molecule has 2 N–H and O–H groups in total. The molecule has 1 aromatic rings. The normalized spacial score (nSPS) is 11.6. The molecule has 124 valence electrons. The highest BCUT2D eigenvalue weighted by atomic mass is 32.2. The Hall–Kier alpha value is -2.37. The number of hydrogen-bond donors (Lipinski definition) is 2. The number of anilines is 1. The highest BCUT2D eigenvalue weighted by Crippen LogP contribution is 2.14. The number of hydrogen-bond acceptors (Lipinski definition) is 6. The van der Waals surface area contributed by atoms with Gasteiger partial charge in [0.15, 0.2) is 5.57 Å². The highest BCUT2D eigenvalue weighted by molar-refractivity contribution is 7.89. The smallest absolute Gasteiger partial charge is 0.350 e. The van der Waals surface area contributed by atoms with Crippen LogP contribution in [0.25, 0.3) is 0 Å². The Morgan fingerprint density at radius 3 is 2.48 bits per heavy atom. The van der Waals surface area contributed by atoms with Crippen LogP contribution in [0.2, 0.25) is 0 Å². The first-order valence-corrected chi connectivity index (χ1v) is 8.56. The fourth-order valence-corrected chi connectivity index (χ4v) is 2.69. The molecule has 0 spiro atoms. The SMILES string of the molecule is CCCNS(=O)(=O)c1ccc(N/C=C(/C#N)C(=O)OCC)cc1. The lowest BCUT2D eigenvalue weighted by atomic mass is 10.3. The average Bonchev–Trinajstić information content (AvgIpc) is 2.54. The molecular weight excluding hydrogens is 318 g/mol. The number of nitrogens with zero attached hydrogens (tertiary/aromatic N) is 1. The minimum Gasteiger partial charge on any atom is -0.462 e. The molecule has 0 bridgehead atoms. The van der Waals surface area contributed by atoms with Gasteiger partial charge in [0.05, 0.1) is 11.5 Å². The molecule has 23 heavy (non-hydrogen) atoms. The molecule has 8 heteroatoms. The molecule has 0 aliphatic heterocycles. The molecule has 0 atom stereocenters. The topological polar surface area (TPSA) is 108 Å². The summed E-state index contributed by atoms with van der Waals surface area (Å²) in [4.78, 5) is 11.6. The summed E-state index contributed by atoms with van der Waals surface area (Å²) >= 11 is 0. The summed E-state index contributed by atoms with van der Waals surface area (Å²) in [5.74, 6) is -0.717. The second-order valence-electron chi connectivity index (χ2n) is 4.46. The maximum absolute atomic E-state index is 11.9. The van der Waals surface area contributed by atoms with Gasteiger partial charge < -0.3 is 10.1 Å². The third-order valence-corrected chi connectivity index (χ3v) is 4.18. The van der Waals surface area contributed by atoms with Gasteiger partial charge in [-0.1, -0.05) is 6.92 Å². The van der Waals surface area contributed by atoms with E-state index in [-0.39, 0.29) is 17.1 Å². The second kappa shape index (κ2) is 8.92. The summed E-state index contributed by atoms with van der Waals surface area (Å²) in [5, 5.41) is 11.6. The minimum atomic E-state index is -3.52. The lowest BCUT2D eigenvalue weighted by Crippen LogP contribution is -2.24. The van der Waals surface area contributed by atoms with Crippen molar-refractivity contribution in [2.75, 3.05) is 18.5 Å². The lowest BCUT2D eigenvalue weighted by Gasteiger charge is -2.07. The maximum Gasteiger partial charge on any atom is 0.350 e. The number of sulfonamides is 1. The Kier molecular flexibility index (Phi) is 7.25. The molecule has 0 aliphatic carbocycles. The molecule has 0 unspecified atom stereocenters. The monoisotopic (exact) mass is 337 g/mol. The Bertz CT molecular complexity index is 703. The molecule has 0 radical (unpaired) electrons. The van der Waals surface area contributed by atoms with Crippen LogP contribution in [0.5, 0.6) is 0 Å². The molecule has 0 heterocycles. The van der Waals surface area contributed by atoms with Crippen LogP contribution < -0.4 is 10.0 Å². The van der Waals surface area contributed by atoms with E-state index in [1.54, 1.807) is 13.0 Å². The van der Waals surface area contributed by atoms with Crippen LogP contribution in [-0.4, -0.2) is 27.5 Å². The number of ether oxygens (including phenoxy) is 1. The van der Waals surface area contributed by atoms with E-state index in [2.05, 4.69) is 10.0 Å². The number of carbonyl (C=O) groups excluding carboxylic acids is 1. The molecular formula is C15H19N3O4S. The van der Waals surface area contributed by atoms with Crippen LogP contribution in [0.15, 0.2) is 40.9 Å². The van der Waals surface area contributed by atoms with Crippen LogP contribution in [0.1, 0.15) is 20.3 Å². The standard InChI is InChI=1S/C15H19N3O4S/c1-3-9-18-23(20,21)14-7-5-13(6-8-14)17-11-12(10-16)15(19)22-4-2/h5-8,11,17-18H,3-4,9H2,1-2H3/b12-11-. The van der Waals surface area contributed by atoms with Crippen LogP contribution in [0.3, 0.4) is 0 Å². The number of nitriles is 1. The molecule has 0 amide bonds. The predicted octanol–water partition coefficient (Wildman–Crippen LogP) is 1.76. The first-order valence-electron chi connectivity index (χ1n) is 7.08. The van der Waals surface area contributed by atoms with Crippen molar-refractivity contribution >= 4 is 21.7 Å². The van der Waals surface area contributed by atoms with Gasteiger partial charge in [-0.3, -0.25) is 0 Å². The maximum atomic E-state index is 11.9. The quantitative estimate of drug-likeness (QED) is 0.425. The van der Waals surface area contributed by atoms with E-state index < -0.39 is 16.0 Å². The molecule has 1 aromatic carbocycles. The number of benzene rings is 1. The molecule has 0 aromatic heterocycles. The molecule has 0 saturated heterocycles. The van der Waals surface area contributed by atoms with Gasteiger partial charge in [-0.15, -0.1) is 0 Å². The highest BCUT2D eigenvalue weighted by Gasteiger charge is 2.13. The summed E-state index contributed by atoms with van der Waals surface area (Å²) in [5.41, 5.74) is 0.365. The van der Waals surface area contributed by atoms with E-state index in [1.165, 1.54) is 30.5 Å². The summed E-state index contributed by atoms with van der Waals surface area (Å²) in [6.45, 7) is 4.07. The van der Waals surface area contributed by atoms with E-state index in [0.29, 0.717) is 18.7 Å².